The van der Waals surface area contributed by atoms with E-state index in [1.807, 2.05) is 23.3 Å². The molecule has 0 atom stereocenters. The fourth-order valence-electron chi connectivity index (χ4n) is 1.51. The van der Waals surface area contributed by atoms with E-state index < -0.39 is 0 Å². The largest absolute Gasteiger partial charge is 0.359 e. The molecule has 1 aliphatic rings. The molecule has 0 aliphatic carbocycles. The van der Waals surface area contributed by atoms with Crippen molar-refractivity contribution in [2.24, 2.45) is 0 Å². The summed E-state index contributed by atoms with van der Waals surface area (Å²) in [5, 5.41) is 5.32. The van der Waals surface area contributed by atoms with E-state index in [1.54, 1.807) is 0 Å². The maximum absolute atomic E-state index is 5.66. The zero-order chi connectivity index (χ0) is 9.64. The van der Waals surface area contributed by atoms with Crippen LogP contribution in [-0.2, 0) is 4.76 Å². The summed E-state index contributed by atoms with van der Waals surface area (Å²) < 4.78 is 5.66. The molecule has 3 nitrogen and oxygen atoms in total. The third-order valence-electron chi connectivity index (χ3n) is 2.33. The molecular weight excluding hydrogens is 175 g/mol. The molecule has 14 heavy (non-hydrogen) atoms. The van der Waals surface area contributed by atoms with Crippen LogP contribution in [0.5, 0.6) is 0 Å². The quantitative estimate of drug-likeness (QED) is 0.650. The Morgan fingerprint density at radius 3 is 2.57 bits per heavy atom. The lowest BCUT2D eigenvalue weighted by Crippen LogP contribution is -2.45. The van der Waals surface area contributed by atoms with Crippen LogP contribution in [0.15, 0.2) is 30.3 Å². The Labute approximate surface area is 85.3 Å². The first-order valence-electron chi connectivity index (χ1n) is 5.08. The SMILES string of the molecule is B(ON1CCNCC1)c1ccccc1. The second kappa shape index (κ2) is 5.15. The molecule has 0 unspecified atom stereocenters. The molecule has 0 saturated carbocycles. The smallest absolute Gasteiger partial charge is 0.337 e. The van der Waals surface area contributed by atoms with Crippen molar-refractivity contribution in [1.82, 2.24) is 10.4 Å². The number of piperazine rings is 1. The fraction of sp³-hybridized carbons (Fsp3) is 0.400. The van der Waals surface area contributed by atoms with Crippen molar-refractivity contribution >= 4 is 12.9 Å². The number of nitrogens with zero attached hydrogens (tertiary/aromatic N) is 1. The summed E-state index contributed by atoms with van der Waals surface area (Å²) in [5.41, 5.74) is 1.23. The monoisotopic (exact) mass is 190 g/mol. The molecule has 1 N–H and O–H groups in total. The second-order valence-corrected chi connectivity index (χ2v) is 3.44. The van der Waals surface area contributed by atoms with Gasteiger partial charge in [0.05, 0.1) is 0 Å². The van der Waals surface area contributed by atoms with Gasteiger partial charge < -0.3 is 10.1 Å². The topological polar surface area (TPSA) is 24.5 Å². The van der Waals surface area contributed by atoms with Crippen molar-refractivity contribution in [3.05, 3.63) is 30.3 Å². The number of hydrogen-bond acceptors (Lipinski definition) is 3. The Bertz CT molecular complexity index is 262. The van der Waals surface area contributed by atoms with Crippen molar-refractivity contribution in [3.8, 4) is 0 Å². The molecular formula is C10H15BN2O. The van der Waals surface area contributed by atoms with E-state index in [2.05, 4.69) is 17.4 Å². The highest BCUT2D eigenvalue weighted by molar-refractivity contribution is 6.46. The van der Waals surface area contributed by atoms with E-state index in [0.29, 0.717) is 7.48 Å². The molecule has 4 heteroatoms. The fourth-order valence-corrected chi connectivity index (χ4v) is 1.51. The lowest BCUT2D eigenvalue weighted by molar-refractivity contribution is -0.0631. The standard InChI is InChI=1S/C10H15BN2O/c1-2-4-10(5-3-1)11-14-13-8-6-12-7-9-13/h1-5,11-12H,6-9H2. The molecule has 74 valence electrons. The average molecular weight is 190 g/mol. The molecule has 1 aromatic carbocycles. The van der Waals surface area contributed by atoms with E-state index in [4.69, 9.17) is 4.76 Å². The highest BCUT2D eigenvalue weighted by atomic mass is 16.6. The van der Waals surface area contributed by atoms with E-state index in [0.717, 1.165) is 26.2 Å². The van der Waals surface area contributed by atoms with E-state index in [-0.39, 0.29) is 0 Å². The molecule has 1 aromatic rings. The highest BCUT2D eigenvalue weighted by Gasteiger charge is 2.09. The summed E-state index contributed by atoms with van der Waals surface area (Å²) in [6, 6.07) is 10.3. The van der Waals surface area contributed by atoms with Crippen LogP contribution in [0.2, 0.25) is 0 Å². The van der Waals surface area contributed by atoms with Crippen LogP contribution in [0.3, 0.4) is 0 Å². The number of hydroxylamine groups is 2. The molecule has 1 aliphatic heterocycles. The van der Waals surface area contributed by atoms with Gasteiger partial charge in [0.15, 0.2) is 0 Å². The van der Waals surface area contributed by atoms with Crippen molar-refractivity contribution in [1.29, 1.82) is 0 Å². The zero-order valence-electron chi connectivity index (χ0n) is 8.28. The third-order valence-corrected chi connectivity index (χ3v) is 2.33. The molecule has 0 aromatic heterocycles. The van der Waals surface area contributed by atoms with Gasteiger partial charge in [-0.1, -0.05) is 35.8 Å². The summed E-state index contributed by atoms with van der Waals surface area (Å²) in [7, 11) is 0.681. The predicted molar refractivity (Wildman–Crippen MR) is 58.8 cm³/mol. The summed E-state index contributed by atoms with van der Waals surface area (Å²) in [6.07, 6.45) is 0. The lowest BCUT2D eigenvalue weighted by atomic mass is 9.89. The average Bonchev–Trinajstić information content (AvgIpc) is 2.29. The van der Waals surface area contributed by atoms with Gasteiger partial charge in [-0.25, -0.2) is 5.06 Å². The van der Waals surface area contributed by atoms with E-state index in [1.165, 1.54) is 5.46 Å². The Balaban J connectivity index is 1.76. The Morgan fingerprint density at radius 2 is 1.86 bits per heavy atom. The van der Waals surface area contributed by atoms with Gasteiger partial charge in [-0.15, -0.1) is 0 Å². The molecule has 0 radical (unpaired) electrons. The van der Waals surface area contributed by atoms with Crippen LogP contribution < -0.4 is 10.8 Å². The van der Waals surface area contributed by atoms with Crippen LogP contribution in [0.25, 0.3) is 0 Å². The van der Waals surface area contributed by atoms with Crippen LogP contribution in [0.4, 0.5) is 0 Å². The minimum Gasteiger partial charge on any atom is -0.359 e. The van der Waals surface area contributed by atoms with Crippen LogP contribution in [0.1, 0.15) is 0 Å². The molecule has 0 spiro atoms. The van der Waals surface area contributed by atoms with Gasteiger partial charge >= 0.3 is 7.48 Å². The second-order valence-electron chi connectivity index (χ2n) is 3.44. The summed E-state index contributed by atoms with van der Waals surface area (Å²) in [6.45, 7) is 4.00. The predicted octanol–water partition coefficient (Wildman–Crippen LogP) is -0.500. The van der Waals surface area contributed by atoms with Gasteiger partial charge in [-0.3, -0.25) is 0 Å². The maximum atomic E-state index is 5.66. The minimum atomic E-state index is 0.681. The zero-order valence-corrected chi connectivity index (χ0v) is 8.28. The van der Waals surface area contributed by atoms with E-state index >= 15 is 0 Å². The van der Waals surface area contributed by atoms with Gasteiger partial charge in [0, 0.05) is 26.2 Å². The van der Waals surface area contributed by atoms with Crippen LogP contribution in [-0.4, -0.2) is 38.7 Å². The normalized spacial score (nSPS) is 18.0. The molecule has 1 saturated heterocycles. The first-order chi connectivity index (χ1) is 6.95. The first kappa shape index (κ1) is 9.71. The Morgan fingerprint density at radius 1 is 1.14 bits per heavy atom. The minimum absolute atomic E-state index is 0.681. The van der Waals surface area contributed by atoms with Gasteiger partial charge in [0.2, 0.25) is 0 Å². The highest BCUT2D eigenvalue weighted by Crippen LogP contribution is 1.92. The summed E-state index contributed by atoms with van der Waals surface area (Å²) >= 11 is 0. The van der Waals surface area contributed by atoms with Crippen molar-refractivity contribution in [2.75, 3.05) is 26.2 Å². The van der Waals surface area contributed by atoms with Gasteiger partial charge in [0.1, 0.15) is 0 Å². The molecule has 0 bridgehead atoms. The number of benzene rings is 1. The van der Waals surface area contributed by atoms with Crippen LogP contribution >= 0.6 is 0 Å². The van der Waals surface area contributed by atoms with Gasteiger partial charge in [-0.2, -0.15) is 0 Å². The van der Waals surface area contributed by atoms with Gasteiger partial charge in [-0.05, 0) is 0 Å². The van der Waals surface area contributed by atoms with Gasteiger partial charge in [0.25, 0.3) is 0 Å². The van der Waals surface area contributed by atoms with Crippen molar-refractivity contribution in [3.63, 3.8) is 0 Å². The number of nitrogens with one attached hydrogen (secondary N) is 1. The Hall–Kier alpha value is -0.835. The lowest BCUT2D eigenvalue weighted by Gasteiger charge is -2.26. The van der Waals surface area contributed by atoms with Crippen molar-refractivity contribution < 1.29 is 4.76 Å². The van der Waals surface area contributed by atoms with Crippen molar-refractivity contribution in [2.45, 2.75) is 0 Å². The molecule has 1 fully saturated rings. The maximum Gasteiger partial charge on any atom is 0.337 e. The van der Waals surface area contributed by atoms with E-state index in [9.17, 15) is 0 Å². The Kier molecular flexibility index (Phi) is 3.57. The third kappa shape index (κ3) is 2.84. The molecule has 1 heterocycles. The summed E-state index contributed by atoms with van der Waals surface area (Å²) in [4.78, 5) is 0. The number of rotatable bonds is 3. The molecule has 0 amide bonds. The summed E-state index contributed by atoms with van der Waals surface area (Å²) in [5.74, 6) is 0. The molecule has 2 rings (SSSR count). The number of hydrogen-bond donors (Lipinski definition) is 1. The van der Waals surface area contributed by atoms with Crippen LogP contribution in [0, 0.1) is 0 Å². The first-order valence-corrected chi connectivity index (χ1v) is 5.08.